The highest BCUT2D eigenvalue weighted by Crippen LogP contribution is 2.36. The number of nitrogens with zero attached hydrogens (tertiary/aromatic N) is 3. The summed E-state index contributed by atoms with van der Waals surface area (Å²) in [5, 5.41) is 11.8. The third kappa shape index (κ3) is 4.37. The predicted octanol–water partition coefficient (Wildman–Crippen LogP) is 3.12. The van der Waals surface area contributed by atoms with Crippen molar-refractivity contribution in [3.8, 4) is 11.5 Å². The fourth-order valence-electron chi connectivity index (χ4n) is 3.00. The molecule has 0 saturated heterocycles. The Morgan fingerprint density at radius 3 is 2.69 bits per heavy atom. The van der Waals surface area contributed by atoms with Gasteiger partial charge in [-0.2, -0.15) is 0 Å². The van der Waals surface area contributed by atoms with Gasteiger partial charge in [0.25, 0.3) is 0 Å². The molecule has 0 aliphatic carbocycles. The van der Waals surface area contributed by atoms with Crippen molar-refractivity contribution in [2.24, 2.45) is 7.05 Å². The van der Waals surface area contributed by atoms with Gasteiger partial charge in [-0.15, -0.1) is 10.2 Å². The van der Waals surface area contributed by atoms with Crippen LogP contribution in [0.3, 0.4) is 0 Å². The summed E-state index contributed by atoms with van der Waals surface area (Å²) in [6, 6.07) is 17.4. The highest BCUT2D eigenvalue weighted by molar-refractivity contribution is 8.00. The number of amides is 1. The van der Waals surface area contributed by atoms with E-state index in [1.807, 2.05) is 73.1 Å². The molecule has 8 heteroatoms. The van der Waals surface area contributed by atoms with Crippen LogP contribution in [0.1, 0.15) is 24.4 Å². The zero-order chi connectivity index (χ0) is 20.2. The van der Waals surface area contributed by atoms with Crippen LogP contribution >= 0.6 is 11.8 Å². The van der Waals surface area contributed by atoms with E-state index >= 15 is 0 Å². The third-order valence-electron chi connectivity index (χ3n) is 4.63. The van der Waals surface area contributed by atoms with Crippen LogP contribution in [0.2, 0.25) is 0 Å². The van der Waals surface area contributed by atoms with Gasteiger partial charge in [0.05, 0.1) is 5.25 Å². The van der Waals surface area contributed by atoms with Gasteiger partial charge in [0.1, 0.15) is 6.61 Å². The molecule has 7 nitrogen and oxygen atoms in total. The van der Waals surface area contributed by atoms with Gasteiger partial charge in [-0.1, -0.05) is 54.2 Å². The molecule has 4 rings (SSSR count). The Labute approximate surface area is 173 Å². The summed E-state index contributed by atoms with van der Waals surface area (Å²) in [5.74, 6) is 2.03. The standard InChI is InChI=1S/C21H22N4O3S/c1-14(20(26)22-12-15-8-4-3-5-9-15)29-21-24-23-19(25(21)2)18-13-27-16-10-6-7-11-17(16)28-18/h3-11,14,18H,12-13H2,1-2H3,(H,22,26). The zero-order valence-corrected chi connectivity index (χ0v) is 17.1. The molecule has 1 aromatic heterocycles. The van der Waals surface area contributed by atoms with Crippen molar-refractivity contribution in [3.05, 3.63) is 66.0 Å². The minimum atomic E-state index is -0.348. The van der Waals surface area contributed by atoms with E-state index in [-0.39, 0.29) is 17.3 Å². The maximum atomic E-state index is 12.4. The Hall–Kier alpha value is -3.00. The summed E-state index contributed by atoms with van der Waals surface area (Å²) in [5.41, 5.74) is 1.06. The van der Waals surface area contributed by atoms with Crippen LogP contribution in [0.5, 0.6) is 11.5 Å². The number of para-hydroxylation sites is 2. The van der Waals surface area contributed by atoms with Crippen molar-refractivity contribution in [3.63, 3.8) is 0 Å². The molecule has 2 heterocycles. The molecule has 2 unspecified atom stereocenters. The topological polar surface area (TPSA) is 78.3 Å². The van der Waals surface area contributed by atoms with Crippen molar-refractivity contribution in [2.75, 3.05) is 6.61 Å². The van der Waals surface area contributed by atoms with Gasteiger partial charge in [-0.25, -0.2) is 0 Å². The van der Waals surface area contributed by atoms with Crippen LogP contribution in [0.4, 0.5) is 0 Å². The normalized spacial score (nSPS) is 16.3. The lowest BCUT2D eigenvalue weighted by Crippen LogP contribution is -2.30. The maximum Gasteiger partial charge on any atom is 0.233 e. The molecule has 3 aromatic rings. The number of aromatic nitrogens is 3. The van der Waals surface area contributed by atoms with E-state index in [9.17, 15) is 4.79 Å². The van der Waals surface area contributed by atoms with Gasteiger partial charge in [0.2, 0.25) is 5.91 Å². The van der Waals surface area contributed by atoms with Gasteiger partial charge < -0.3 is 19.4 Å². The Balaban J connectivity index is 1.38. The minimum absolute atomic E-state index is 0.0467. The van der Waals surface area contributed by atoms with E-state index in [2.05, 4.69) is 15.5 Å². The van der Waals surface area contributed by atoms with Crippen LogP contribution < -0.4 is 14.8 Å². The highest BCUT2D eigenvalue weighted by Gasteiger charge is 2.28. The Morgan fingerprint density at radius 1 is 1.17 bits per heavy atom. The van der Waals surface area contributed by atoms with Crippen molar-refractivity contribution in [1.82, 2.24) is 20.1 Å². The van der Waals surface area contributed by atoms with Crippen molar-refractivity contribution < 1.29 is 14.3 Å². The fourth-order valence-corrected chi connectivity index (χ4v) is 3.84. The predicted molar refractivity (Wildman–Crippen MR) is 110 cm³/mol. The number of carbonyl (C=O) groups is 1. The molecular formula is C21H22N4O3S. The van der Waals surface area contributed by atoms with E-state index < -0.39 is 0 Å². The first kappa shape index (κ1) is 19.3. The lowest BCUT2D eigenvalue weighted by Gasteiger charge is -2.25. The lowest BCUT2D eigenvalue weighted by molar-refractivity contribution is -0.120. The monoisotopic (exact) mass is 410 g/mol. The SMILES string of the molecule is CC(Sc1nnc(C2COc3ccccc3O2)n1C)C(=O)NCc1ccccc1. The van der Waals surface area contributed by atoms with Crippen LogP contribution in [0, 0.1) is 0 Å². The Bertz CT molecular complexity index is 993. The van der Waals surface area contributed by atoms with Crippen LogP contribution in [0.15, 0.2) is 59.8 Å². The Morgan fingerprint density at radius 2 is 1.90 bits per heavy atom. The molecule has 0 fully saturated rings. The van der Waals surface area contributed by atoms with Crippen LogP contribution in [0.25, 0.3) is 0 Å². The van der Waals surface area contributed by atoms with Crippen molar-refractivity contribution in [2.45, 2.75) is 30.0 Å². The van der Waals surface area contributed by atoms with Gasteiger partial charge in [-0.3, -0.25) is 4.79 Å². The number of ether oxygens (including phenoxy) is 2. The molecular weight excluding hydrogens is 388 g/mol. The summed E-state index contributed by atoms with van der Waals surface area (Å²) >= 11 is 1.36. The van der Waals surface area contributed by atoms with E-state index in [4.69, 9.17) is 9.47 Å². The summed E-state index contributed by atoms with van der Waals surface area (Å²) in [6.45, 7) is 2.72. The number of fused-ring (bicyclic) bond motifs is 1. The molecule has 0 saturated carbocycles. The maximum absolute atomic E-state index is 12.4. The zero-order valence-electron chi connectivity index (χ0n) is 16.2. The van der Waals surface area contributed by atoms with Crippen LogP contribution in [-0.4, -0.2) is 32.5 Å². The second-order valence-corrected chi connectivity index (χ2v) is 8.04. The van der Waals surface area contributed by atoms with Gasteiger partial charge in [0.15, 0.2) is 28.6 Å². The van der Waals surface area contributed by atoms with Gasteiger partial charge in [0, 0.05) is 13.6 Å². The number of hydrogen-bond donors (Lipinski definition) is 1. The summed E-state index contributed by atoms with van der Waals surface area (Å²) in [7, 11) is 1.87. The average molecular weight is 410 g/mol. The first-order valence-electron chi connectivity index (χ1n) is 9.38. The van der Waals surface area contributed by atoms with E-state index in [0.29, 0.717) is 29.9 Å². The van der Waals surface area contributed by atoms with Crippen LogP contribution in [-0.2, 0) is 18.4 Å². The molecule has 1 aliphatic rings. The van der Waals surface area contributed by atoms with E-state index in [1.165, 1.54) is 11.8 Å². The smallest absolute Gasteiger partial charge is 0.233 e. The van der Waals surface area contributed by atoms with Gasteiger partial charge in [-0.05, 0) is 24.6 Å². The summed E-state index contributed by atoms with van der Waals surface area (Å²) in [6.07, 6.45) is -0.348. The third-order valence-corrected chi connectivity index (χ3v) is 5.76. The number of rotatable bonds is 6. The van der Waals surface area contributed by atoms with Gasteiger partial charge >= 0.3 is 0 Å². The number of hydrogen-bond acceptors (Lipinski definition) is 6. The quantitative estimate of drug-likeness (QED) is 0.629. The molecule has 1 N–H and O–H groups in total. The number of carbonyl (C=O) groups excluding carboxylic acids is 1. The second-order valence-electron chi connectivity index (χ2n) is 6.73. The number of nitrogens with one attached hydrogen (secondary N) is 1. The first-order chi connectivity index (χ1) is 14.1. The molecule has 29 heavy (non-hydrogen) atoms. The molecule has 2 aromatic carbocycles. The number of thioether (sulfide) groups is 1. The molecule has 0 bridgehead atoms. The Kier molecular flexibility index (Phi) is 5.71. The molecule has 2 atom stereocenters. The largest absolute Gasteiger partial charge is 0.485 e. The minimum Gasteiger partial charge on any atom is -0.485 e. The molecule has 1 aliphatic heterocycles. The van der Waals surface area contributed by atoms with Crippen molar-refractivity contribution in [1.29, 1.82) is 0 Å². The average Bonchev–Trinajstić information content (AvgIpc) is 3.12. The fraction of sp³-hybridized carbons (Fsp3) is 0.286. The summed E-state index contributed by atoms with van der Waals surface area (Å²) in [4.78, 5) is 12.4. The lowest BCUT2D eigenvalue weighted by atomic mass is 10.2. The molecule has 150 valence electrons. The molecule has 1 amide bonds. The first-order valence-corrected chi connectivity index (χ1v) is 10.3. The highest BCUT2D eigenvalue weighted by atomic mass is 32.2. The van der Waals surface area contributed by atoms with E-state index in [1.54, 1.807) is 0 Å². The van der Waals surface area contributed by atoms with Crippen molar-refractivity contribution >= 4 is 17.7 Å². The van der Waals surface area contributed by atoms with E-state index in [0.717, 1.165) is 11.3 Å². The molecule has 0 spiro atoms. The second kappa shape index (κ2) is 8.57. The summed E-state index contributed by atoms with van der Waals surface area (Å²) < 4.78 is 13.6. The number of benzene rings is 2. The molecule has 0 radical (unpaired) electrons.